The van der Waals surface area contributed by atoms with Gasteiger partial charge in [-0.2, -0.15) is 0 Å². The predicted octanol–water partition coefficient (Wildman–Crippen LogP) is 4.03. The van der Waals surface area contributed by atoms with Crippen molar-refractivity contribution in [2.45, 2.75) is 46.5 Å². The Morgan fingerprint density at radius 2 is 1.56 bits per heavy atom. The van der Waals surface area contributed by atoms with Crippen molar-refractivity contribution in [1.82, 2.24) is 0 Å². The molecular formula is C15H23N. The van der Waals surface area contributed by atoms with E-state index < -0.39 is 0 Å². The quantitative estimate of drug-likeness (QED) is 0.723. The first-order chi connectivity index (χ1) is 7.59. The van der Waals surface area contributed by atoms with E-state index in [2.05, 4.69) is 44.7 Å². The maximum atomic E-state index is 2.56. The highest BCUT2D eigenvalue weighted by Crippen LogP contribution is 2.32. The van der Waals surface area contributed by atoms with Crippen LogP contribution in [0, 0.1) is 13.8 Å². The number of rotatable bonds is 2. The van der Waals surface area contributed by atoms with Crippen LogP contribution in [-0.2, 0) is 0 Å². The Bertz CT molecular complexity index is 373. The van der Waals surface area contributed by atoms with Gasteiger partial charge in [-0.25, -0.2) is 0 Å². The van der Waals surface area contributed by atoms with E-state index in [9.17, 15) is 0 Å². The van der Waals surface area contributed by atoms with Crippen LogP contribution in [0.1, 0.15) is 49.3 Å². The molecular weight excluding hydrogens is 194 g/mol. The van der Waals surface area contributed by atoms with Gasteiger partial charge in [0.1, 0.15) is 0 Å². The van der Waals surface area contributed by atoms with Crippen molar-refractivity contribution in [3.8, 4) is 0 Å². The molecule has 1 aromatic rings. The molecule has 0 aromatic heterocycles. The zero-order chi connectivity index (χ0) is 11.7. The highest BCUT2D eigenvalue weighted by atomic mass is 15.1. The summed E-state index contributed by atoms with van der Waals surface area (Å²) in [5, 5.41) is 0. The van der Waals surface area contributed by atoms with Crippen molar-refractivity contribution in [2.75, 3.05) is 18.0 Å². The van der Waals surface area contributed by atoms with E-state index >= 15 is 0 Å². The van der Waals surface area contributed by atoms with Gasteiger partial charge in [0.25, 0.3) is 0 Å². The third kappa shape index (κ3) is 2.09. The Labute approximate surface area is 99.5 Å². The molecule has 0 unspecified atom stereocenters. The minimum Gasteiger partial charge on any atom is -0.371 e. The molecule has 1 aromatic carbocycles. The SMILES string of the molecule is Cc1cc(C(C)C)c(N2CCCC2)cc1C. The summed E-state index contributed by atoms with van der Waals surface area (Å²) in [4.78, 5) is 2.56. The molecule has 1 saturated heterocycles. The van der Waals surface area contributed by atoms with E-state index in [1.165, 1.54) is 48.3 Å². The fraction of sp³-hybridized carbons (Fsp3) is 0.600. The van der Waals surface area contributed by atoms with E-state index in [0.29, 0.717) is 5.92 Å². The second-order valence-corrected chi connectivity index (χ2v) is 5.34. The minimum absolute atomic E-state index is 0.620. The van der Waals surface area contributed by atoms with Gasteiger partial charge in [-0.05, 0) is 55.4 Å². The predicted molar refractivity (Wildman–Crippen MR) is 71.5 cm³/mol. The molecule has 1 heterocycles. The van der Waals surface area contributed by atoms with E-state index in [0.717, 1.165) is 0 Å². The third-order valence-electron chi connectivity index (χ3n) is 3.71. The zero-order valence-corrected chi connectivity index (χ0v) is 11.0. The zero-order valence-electron chi connectivity index (χ0n) is 11.0. The normalized spacial score (nSPS) is 16.2. The molecule has 0 saturated carbocycles. The number of anilines is 1. The molecule has 0 radical (unpaired) electrons. The lowest BCUT2D eigenvalue weighted by Crippen LogP contribution is -2.20. The van der Waals surface area contributed by atoms with Gasteiger partial charge in [0, 0.05) is 18.8 Å². The molecule has 0 atom stereocenters. The fourth-order valence-corrected chi connectivity index (χ4v) is 2.52. The van der Waals surface area contributed by atoms with Crippen molar-refractivity contribution < 1.29 is 0 Å². The number of nitrogens with zero attached hydrogens (tertiary/aromatic N) is 1. The first-order valence-corrected chi connectivity index (χ1v) is 6.45. The van der Waals surface area contributed by atoms with Gasteiger partial charge in [0.15, 0.2) is 0 Å². The maximum Gasteiger partial charge on any atom is 0.0404 e. The molecule has 1 nitrogen and oxygen atoms in total. The molecule has 1 aliphatic heterocycles. The summed E-state index contributed by atoms with van der Waals surface area (Å²) < 4.78 is 0. The summed E-state index contributed by atoms with van der Waals surface area (Å²) in [5.41, 5.74) is 5.85. The first-order valence-electron chi connectivity index (χ1n) is 6.45. The molecule has 1 heteroatoms. The second-order valence-electron chi connectivity index (χ2n) is 5.34. The van der Waals surface area contributed by atoms with Crippen LogP contribution in [0.15, 0.2) is 12.1 Å². The van der Waals surface area contributed by atoms with Crippen LogP contribution in [0.5, 0.6) is 0 Å². The van der Waals surface area contributed by atoms with Gasteiger partial charge >= 0.3 is 0 Å². The lowest BCUT2D eigenvalue weighted by Gasteiger charge is -2.24. The standard InChI is InChI=1S/C15H23N/c1-11(2)14-9-12(3)13(4)10-15(14)16-7-5-6-8-16/h9-11H,5-8H2,1-4H3. The average molecular weight is 217 g/mol. The van der Waals surface area contributed by atoms with E-state index in [-0.39, 0.29) is 0 Å². The molecule has 2 rings (SSSR count). The fourth-order valence-electron chi connectivity index (χ4n) is 2.52. The van der Waals surface area contributed by atoms with Crippen LogP contribution in [0.25, 0.3) is 0 Å². The molecule has 16 heavy (non-hydrogen) atoms. The minimum atomic E-state index is 0.620. The van der Waals surface area contributed by atoms with Crippen molar-refractivity contribution in [2.24, 2.45) is 0 Å². The highest BCUT2D eigenvalue weighted by molar-refractivity contribution is 5.59. The molecule has 1 aliphatic rings. The Hall–Kier alpha value is -0.980. The Kier molecular flexibility index (Phi) is 3.22. The Morgan fingerprint density at radius 1 is 1.00 bits per heavy atom. The number of aryl methyl sites for hydroxylation is 2. The summed E-state index contributed by atoms with van der Waals surface area (Å²) in [5.74, 6) is 0.620. The van der Waals surface area contributed by atoms with Crippen molar-refractivity contribution in [3.05, 3.63) is 28.8 Å². The van der Waals surface area contributed by atoms with Crippen LogP contribution in [0.2, 0.25) is 0 Å². The summed E-state index contributed by atoms with van der Waals surface area (Å²) in [6.07, 6.45) is 2.70. The van der Waals surface area contributed by atoms with Gasteiger partial charge in [-0.3, -0.25) is 0 Å². The topological polar surface area (TPSA) is 3.24 Å². The van der Waals surface area contributed by atoms with Gasteiger partial charge in [-0.15, -0.1) is 0 Å². The largest absolute Gasteiger partial charge is 0.371 e. The summed E-state index contributed by atoms with van der Waals surface area (Å²) >= 11 is 0. The van der Waals surface area contributed by atoms with Gasteiger partial charge in [-0.1, -0.05) is 19.9 Å². The number of benzene rings is 1. The monoisotopic (exact) mass is 217 g/mol. The van der Waals surface area contributed by atoms with Crippen molar-refractivity contribution >= 4 is 5.69 Å². The van der Waals surface area contributed by atoms with E-state index in [1.54, 1.807) is 0 Å². The Morgan fingerprint density at radius 3 is 2.12 bits per heavy atom. The molecule has 1 fully saturated rings. The highest BCUT2D eigenvalue weighted by Gasteiger charge is 2.17. The van der Waals surface area contributed by atoms with Gasteiger partial charge in [0.05, 0.1) is 0 Å². The first kappa shape index (κ1) is 11.5. The van der Waals surface area contributed by atoms with Crippen molar-refractivity contribution in [1.29, 1.82) is 0 Å². The molecule has 0 amide bonds. The molecule has 88 valence electrons. The van der Waals surface area contributed by atoms with Crippen LogP contribution in [0.4, 0.5) is 5.69 Å². The molecule has 0 aliphatic carbocycles. The van der Waals surface area contributed by atoms with Crippen LogP contribution < -0.4 is 4.90 Å². The second kappa shape index (κ2) is 4.48. The molecule has 0 spiro atoms. The van der Waals surface area contributed by atoms with Gasteiger partial charge in [0.2, 0.25) is 0 Å². The lowest BCUT2D eigenvalue weighted by molar-refractivity contribution is 0.842. The molecule has 0 bridgehead atoms. The lowest BCUT2D eigenvalue weighted by atomic mass is 9.95. The van der Waals surface area contributed by atoms with Crippen LogP contribution in [0.3, 0.4) is 0 Å². The van der Waals surface area contributed by atoms with E-state index in [4.69, 9.17) is 0 Å². The average Bonchev–Trinajstić information content (AvgIpc) is 2.74. The van der Waals surface area contributed by atoms with Crippen LogP contribution >= 0.6 is 0 Å². The molecule has 0 N–H and O–H groups in total. The van der Waals surface area contributed by atoms with E-state index in [1.807, 2.05) is 0 Å². The van der Waals surface area contributed by atoms with Crippen LogP contribution in [-0.4, -0.2) is 13.1 Å². The summed E-state index contributed by atoms with van der Waals surface area (Å²) in [7, 11) is 0. The smallest absolute Gasteiger partial charge is 0.0404 e. The summed E-state index contributed by atoms with van der Waals surface area (Å²) in [6.45, 7) is 11.5. The number of hydrogen-bond donors (Lipinski definition) is 0. The third-order valence-corrected chi connectivity index (χ3v) is 3.71. The van der Waals surface area contributed by atoms with Crippen molar-refractivity contribution in [3.63, 3.8) is 0 Å². The van der Waals surface area contributed by atoms with Gasteiger partial charge < -0.3 is 4.90 Å². The number of hydrogen-bond acceptors (Lipinski definition) is 1. The Balaban J connectivity index is 2.44. The summed E-state index contributed by atoms with van der Waals surface area (Å²) in [6, 6.07) is 4.77. The maximum absolute atomic E-state index is 2.56.